The average Bonchev–Trinajstić information content (AvgIpc) is 2.32. The smallest absolute Gasteiger partial charge is 0.309 e. The Bertz CT molecular complexity index is 317. The third-order valence-electron chi connectivity index (χ3n) is 1.19. The molecular formula is C6H6F3N3O. The van der Waals surface area contributed by atoms with Gasteiger partial charge in [-0.05, 0) is 0 Å². The molecule has 1 aromatic rings. The van der Waals surface area contributed by atoms with Crippen LogP contribution in [0.25, 0.3) is 0 Å². The molecule has 0 aliphatic carbocycles. The number of nitrogens with zero attached hydrogens (tertiary/aromatic N) is 1. The molecule has 1 aromatic heterocycles. The molecule has 2 N–H and O–H groups in total. The second-order valence-electron chi connectivity index (χ2n) is 2.35. The molecule has 0 saturated carbocycles. The van der Waals surface area contributed by atoms with Crippen molar-refractivity contribution in [3.63, 3.8) is 0 Å². The summed E-state index contributed by atoms with van der Waals surface area (Å²) in [5, 5.41) is 7.12. The quantitative estimate of drug-likeness (QED) is 0.707. The van der Waals surface area contributed by atoms with E-state index in [2.05, 4.69) is 10.4 Å². The lowest BCUT2D eigenvalue weighted by Crippen LogP contribution is -2.06. The third kappa shape index (κ3) is 2.46. The Morgan fingerprint density at radius 2 is 2.23 bits per heavy atom. The summed E-state index contributed by atoms with van der Waals surface area (Å²) in [5.74, 6) is -0.611. The van der Waals surface area contributed by atoms with Gasteiger partial charge in [0.25, 0.3) is 0 Å². The summed E-state index contributed by atoms with van der Waals surface area (Å²) in [6.45, 7) is 1.18. The Hall–Kier alpha value is -1.53. The SMILES string of the molecule is CC(=O)Nc1cc(C(F)(F)F)[nH]n1. The molecule has 0 atom stereocenters. The zero-order valence-corrected chi connectivity index (χ0v) is 6.57. The van der Waals surface area contributed by atoms with Crippen molar-refractivity contribution >= 4 is 11.7 Å². The largest absolute Gasteiger partial charge is 0.432 e. The van der Waals surface area contributed by atoms with Crippen molar-refractivity contribution < 1.29 is 18.0 Å². The summed E-state index contributed by atoms with van der Waals surface area (Å²) in [6, 6.07) is 0.724. The van der Waals surface area contributed by atoms with Crippen LogP contribution in [0.2, 0.25) is 0 Å². The molecule has 4 nitrogen and oxygen atoms in total. The third-order valence-corrected chi connectivity index (χ3v) is 1.19. The van der Waals surface area contributed by atoms with E-state index in [1.807, 2.05) is 0 Å². The number of aromatic amines is 1. The maximum Gasteiger partial charge on any atom is 0.432 e. The van der Waals surface area contributed by atoms with E-state index in [4.69, 9.17) is 0 Å². The lowest BCUT2D eigenvalue weighted by molar-refractivity contribution is -0.141. The highest BCUT2D eigenvalue weighted by molar-refractivity contribution is 5.87. The van der Waals surface area contributed by atoms with Crippen LogP contribution in [0.4, 0.5) is 19.0 Å². The van der Waals surface area contributed by atoms with E-state index in [0.29, 0.717) is 0 Å². The number of carbonyl (C=O) groups is 1. The Balaban J connectivity index is 2.81. The van der Waals surface area contributed by atoms with Gasteiger partial charge in [-0.15, -0.1) is 0 Å². The van der Waals surface area contributed by atoms with Crippen LogP contribution in [0.3, 0.4) is 0 Å². The maximum absolute atomic E-state index is 12.0. The van der Waals surface area contributed by atoms with Gasteiger partial charge in [0.05, 0.1) is 0 Å². The van der Waals surface area contributed by atoms with Gasteiger partial charge in [-0.2, -0.15) is 18.3 Å². The average molecular weight is 193 g/mol. The van der Waals surface area contributed by atoms with Crippen LogP contribution in [-0.2, 0) is 11.0 Å². The Morgan fingerprint density at radius 3 is 2.62 bits per heavy atom. The summed E-state index contributed by atoms with van der Waals surface area (Å²) in [7, 11) is 0. The number of amides is 1. The summed E-state index contributed by atoms with van der Waals surface area (Å²) in [5.41, 5.74) is -0.990. The molecule has 0 fully saturated rings. The minimum atomic E-state index is -4.47. The Morgan fingerprint density at radius 1 is 1.62 bits per heavy atom. The van der Waals surface area contributed by atoms with E-state index in [1.165, 1.54) is 6.92 Å². The second-order valence-corrected chi connectivity index (χ2v) is 2.35. The van der Waals surface area contributed by atoms with E-state index >= 15 is 0 Å². The molecule has 0 unspecified atom stereocenters. The van der Waals surface area contributed by atoms with Crippen LogP contribution >= 0.6 is 0 Å². The van der Waals surface area contributed by atoms with E-state index in [9.17, 15) is 18.0 Å². The van der Waals surface area contributed by atoms with E-state index < -0.39 is 17.8 Å². The number of alkyl halides is 3. The van der Waals surface area contributed by atoms with Crippen molar-refractivity contribution in [3.05, 3.63) is 11.8 Å². The fourth-order valence-corrected chi connectivity index (χ4v) is 0.711. The summed E-state index contributed by atoms with van der Waals surface area (Å²) >= 11 is 0. The van der Waals surface area contributed by atoms with Crippen LogP contribution < -0.4 is 5.32 Å². The topological polar surface area (TPSA) is 57.8 Å². The fraction of sp³-hybridized carbons (Fsp3) is 0.333. The molecule has 0 bridgehead atoms. The minimum absolute atomic E-state index is 0.139. The van der Waals surface area contributed by atoms with Crippen LogP contribution in [0, 0.1) is 0 Å². The van der Waals surface area contributed by atoms with E-state index in [0.717, 1.165) is 6.07 Å². The molecule has 13 heavy (non-hydrogen) atoms. The number of halogens is 3. The first kappa shape index (κ1) is 9.56. The number of hydrogen-bond acceptors (Lipinski definition) is 2. The van der Waals surface area contributed by atoms with Gasteiger partial charge in [0.2, 0.25) is 5.91 Å². The molecule has 0 spiro atoms. The lowest BCUT2D eigenvalue weighted by atomic mass is 10.4. The van der Waals surface area contributed by atoms with Gasteiger partial charge >= 0.3 is 6.18 Å². The Labute approximate surface area is 71.1 Å². The molecule has 0 aliphatic rings. The van der Waals surface area contributed by atoms with Gasteiger partial charge < -0.3 is 5.32 Å². The van der Waals surface area contributed by atoms with Gasteiger partial charge in [-0.3, -0.25) is 9.89 Å². The number of H-pyrrole nitrogens is 1. The summed E-state index contributed by atoms with van der Waals surface area (Å²) in [4.78, 5) is 10.4. The zero-order valence-electron chi connectivity index (χ0n) is 6.57. The Kier molecular flexibility index (Phi) is 2.26. The van der Waals surface area contributed by atoms with Crippen molar-refractivity contribution in [1.82, 2.24) is 10.2 Å². The normalized spacial score (nSPS) is 11.4. The predicted molar refractivity (Wildman–Crippen MR) is 37.9 cm³/mol. The monoisotopic (exact) mass is 193 g/mol. The van der Waals surface area contributed by atoms with E-state index in [-0.39, 0.29) is 5.82 Å². The highest BCUT2D eigenvalue weighted by Gasteiger charge is 2.33. The summed E-state index contributed by atoms with van der Waals surface area (Å²) in [6.07, 6.45) is -4.47. The van der Waals surface area contributed by atoms with Crippen molar-refractivity contribution in [2.75, 3.05) is 5.32 Å². The highest BCUT2D eigenvalue weighted by atomic mass is 19.4. The van der Waals surface area contributed by atoms with Gasteiger partial charge in [-0.1, -0.05) is 0 Å². The van der Waals surface area contributed by atoms with E-state index in [1.54, 1.807) is 5.10 Å². The zero-order chi connectivity index (χ0) is 10.1. The first-order valence-corrected chi connectivity index (χ1v) is 3.30. The molecule has 0 saturated heterocycles. The number of hydrogen-bond donors (Lipinski definition) is 2. The van der Waals surface area contributed by atoms with Crippen molar-refractivity contribution in [1.29, 1.82) is 0 Å². The lowest BCUT2D eigenvalue weighted by Gasteiger charge is -1.99. The van der Waals surface area contributed by atoms with Crippen molar-refractivity contribution in [2.24, 2.45) is 0 Å². The molecule has 0 radical (unpaired) electrons. The molecule has 7 heteroatoms. The van der Waals surface area contributed by atoms with Crippen LogP contribution in [0.15, 0.2) is 6.07 Å². The highest BCUT2D eigenvalue weighted by Crippen LogP contribution is 2.28. The molecule has 0 aliphatic heterocycles. The van der Waals surface area contributed by atoms with Gasteiger partial charge in [0.15, 0.2) is 5.82 Å². The molecule has 1 rings (SSSR count). The van der Waals surface area contributed by atoms with Crippen molar-refractivity contribution in [3.8, 4) is 0 Å². The molecule has 1 heterocycles. The van der Waals surface area contributed by atoms with Gasteiger partial charge in [0, 0.05) is 13.0 Å². The molecular weight excluding hydrogens is 187 g/mol. The number of anilines is 1. The number of nitrogens with one attached hydrogen (secondary N) is 2. The van der Waals surface area contributed by atoms with Crippen molar-refractivity contribution in [2.45, 2.75) is 13.1 Å². The number of carbonyl (C=O) groups excluding carboxylic acids is 1. The fourth-order valence-electron chi connectivity index (χ4n) is 0.711. The van der Waals surface area contributed by atoms with Crippen LogP contribution in [-0.4, -0.2) is 16.1 Å². The van der Waals surface area contributed by atoms with Crippen LogP contribution in [0.1, 0.15) is 12.6 Å². The number of aromatic nitrogens is 2. The summed E-state index contributed by atoms with van der Waals surface area (Å²) < 4.78 is 35.9. The predicted octanol–water partition coefficient (Wildman–Crippen LogP) is 1.39. The number of rotatable bonds is 1. The first-order valence-electron chi connectivity index (χ1n) is 3.30. The van der Waals surface area contributed by atoms with Gasteiger partial charge in [-0.25, -0.2) is 0 Å². The molecule has 0 aromatic carbocycles. The molecule has 72 valence electrons. The minimum Gasteiger partial charge on any atom is -0.309 e. The second kappa shape index (κ2) is 3.08. The van der Waals surface area contributed by atoms with Gasteiger partial charge in [0.1, 0.15) is 5.69 Å². The maximum atomic E-state index is 12.0. The first-order chi connectivity index (χ1) is 5.89. The standard InChI is InChI=1S/C6H6F3N3O/c1-3(13)10-5-2-4(11-12-5)6(7,8)9/h2H,1H3,(H2,10,11,12,13). The van der Waals surface area contributed by atoms with Crippen LogP contribution in [0.5, 0.6) is 0 Å². The molecule has 1 amide bonds.